The molecule has 2 rings (SSSR count). The molecule has 0 unspecified atom stereocenters. The van der Waals surface area contributed by atoms with Gasteiger partial charge in [0.05, 0.1) is 22.8 Å². The van der Waals surface area contributed by atoms with Gasteiger partial charge in [-0.1, -0.05) is 28.4 Å². The van der Waals surface area contributed by atoms with Crippen LogP contribution in [0.3, 0.4) is 0 Å². The van der Waals surface area contributed by atoms with E-state index in [1.54, 1.807) is 24.3 Å². The summed E-state index contributed by atoms with van der Waals surface area (Å²) in [5.41, 5.74) is 1.08. The van der Waals surface area contributed by atoms with Crippen LogP contribution in [0.5, 0.6) is 0 Å². The zero-order valence-electron chi connectivity index (χ0n) is 8.61. The summed E-state index contributed by atoms with van der Waals surface area (Å²) in [6.07, 6.45) is 1.55. The van der Waals surface area contributed by atoms with Gasteiger partial charge < -0.3 is 9.84 Å². The lowest BCUT2D eigenvalue weighted by atomic mass is 10.2. The molecular formula is C11H8Cl2N2O2. The number of hydrogen-bond acceptors (Lipinski definition) is 3. The Bertz CT molecular complexity index is 526. The van der Waals surface area contributed by atoms with Crippen LogP contribution in [0.4, 0.5) is 5.69 Å². The molecule has 4 nitrogen and oxygen atoms in total. The average molecular weight is 271 g/mol. The molecule has 6 heteroatoms. The third kappa shape index (κ3) is 3.22. The van der Waals surface area contributed by atoms with Crippen molar-refractivity contribution in [3.8, 4) is 0 Å². The summed E-state index contributed by atoms with van der Waals surface area (Å²) >= 11 is 11.7. The second-order valence-corrected chi connectivity index (χ2v) is 4.18. The van der Waals surface area contributed by atoms with Crippen molar-refractivity contribution in [1.29, 1.82) is 0 Å². The third-order valence-corrected chi connectivity index (χ3v) is 2.59. The van der Waals surface area contributed by atoms with Crippen LogP contribution in [0.15, 0.2) is 35.1 Å². The van der Waals surface area contributed by atoms with Crippen LogP contribution in [0.25, 0.3) is 0 Å². The van der Waals surface area contributed by atoms with Gasteiger partial charge >= 0.3 is 0 Å². The van der Waals surface area contributed by atoms with Crippen molar-refractivity contribution in [2.75, 3.05) is 5.32 Å². The van der Waals surface area contributed by atoms with Gasteiger partial charge in [0.2, 0.25) is 5.91 Å². The molecule has 0 atom stereocenters. The van der Waals surface area contributed by atoms with Crippen molar-refractivity contribution in [1.82, 2.24) is 5.16 Å². The lowest BCUT2D eigenvalue weighted by molar-refractivity contribution is -0.115. The summed E-state index contributed by atoms with van der Waals surface area (Å²) in [6.45, 7) is 0. The van der Waals surface area contributed by atoms with Gasteiger partial charge in [0, 0.05) is 11.1 Å². The molecule has 1 heterocycles. The van der Waals surface area contributed by atoms with Crippen molar-refractivity contribution in [3.05, 3.63) is 46.3 Å². The molecule has 1 amide bonds. The van der Waals surface area contributed by atoms with Gasteiger partial charge in [0.25, 0.3) is 0 Å². The summed E-state index contributed by atoms with van der Waals surface area (Å²) in [5.74, 6) is -0.219. The predicted octanol–water partition coefficient (Wildman–Crippen LogP) is 3.16. The van der Waals surface area contributed by atoms with E-state index < -0.39 is 0 Å². The highest BCUT2D eigenvalue weighted by Gasteiger charge is 2.08. The summed E-state index contributed by atoms with van der Waals surface area (Å²) in [4.78, 5) is 11.6. The van der Waals surface area contributed by atoms with Crippen molar-refractivity contribution in [2.24, 2.45) is 0 Å². The van der Waals surface area contributed by atoms with Gasteiger partial charge in [-0.3, -0.25) is 4.79 Å². The molecule has 88 valence electrons. The Balaban J connectivity index is 2.03. The Morgan fingerprint density at radius 2 is 2.18 bits per heavy atom. The number of halogens is 2. The van der Waals surface area contributed by atoms with Gasteiger partial charge in [-0.25, -0.2) is 0 Å². The molecule has 0 saturated carbocycles. The number of carbonyl (C=O) groups is 1. The van der Waals surface area contributed by atoms with Crippen LogP contribution in [-0.4, -0.2) is 11.1 Å². The molecule has 0 aliphatic rings. The Morgan fingerprint density at radius 1 is 1.35 bits per heavy atom. The van der Waals surface area contributed by atoms with E-state index in [9.17, 15) is 4.79 Å². The number of anilines is 1. The Hall–Kier alpha value is -1.52. The third-order valence-electron chi connectivity index (χ3n) is 2.04. The van der Waals surface area contributed by atoms with Crippen molar-refractivity contribution < 1.29 is 9.32 Å². The van der Waals surface area contributed by atoms with Gasteiger partial charge in [-0.2, -0.15) is 0 Å². The van der Waals surface area contributed by atoms with E-state index in [0.717, 1.165) is 0 Å². The molecule has 17 heavy (non-hydrogen) atoms. The van der Waals surface area contributed by atoms with E-state index in [2.05, 4.69) is 15.0 Å². The second-order valence-electron chi connectivity index (χ2n) is 3.34. The summed E-state index contributed by atoms with van der Waals surface area (Å²) in [7, 11) is 0. The molecule has 1 aromatic carbocycles. The minimum absolute atomic E-state index is 0.134. The first kappa shape index (κ1) is 12.0. The summed E-state index contributed by atoms with van der Waals surface area (Å²) in [6, 6.07) is 6.49. The minimum Gasteiger partial charge on any atom is -0.364 e. The van der Waals surface area contributed by atoms with Gasteiger partial charge in [-0.05, 0) is 18.2 Å². The Labute approximate surface area is 108 Å². The summed E-state index contributed by atoms with van der Waals surface area (Å²) in [5, 5.41) is 7.22. The first-order valence-corrected chi connectivity index (χ1v) is 5.55. The quantitative estimate of drug-likeness (QED) is 0.932. The molecular weight excluding hydrogens is 263 g/mol. The zero-order valence-corrected chi connectivity index (χ0v) is 10.1. The number of benzene rings is 1. The second kappa shape index (κ2) is 5.21. The molecule has 0 aliphatic heterocycles. The van der Waals surface area contributed by atoms with Crippen LogP contribution in [-0.2, 0) is 11.2 Å². The van der Waals surface area contributed by atoms with E-state index >= 15 is 0 Å². The predicted molar refractivity (Wildman–Crippen MR) is 65.3 cm³/mol. The first-order valence-electron chi connectivity index (χ1n) is 4.79. The van der Waals surface area contributed by atoms with Crippen molar-refractivity contribution >= 4 is 34.8 Å². The SMILES string of the molecule is O=C(Cc1ccon1)Nc1ccc(Cl)cc1Cl. The lowest BCUT2D eigenvalue weighted by Gasteiger charge is -2.06. The molecule has 0 saturated heterocycles. The van der Waals surface area contributed by atoms with Gasteiger partial charge in [-0.15, -0.1) is 0 Å². The highest BCUT2D eigenvalue weighted by molar-refractivity contribution is 6.36. The molecule has 0 radical (unpaired) electrons. The Kier molecular flexibility index (Phi) is 3.66. The topological polar surface area (TPSA) is 55.1 Å². The smallest absolute Gasteiger partial charge is 0.230 e. The largest absolute Gasteiger partial charge is 0.364 e. The van der Waals surface area contributed by atoms with Crippen LogP contribution < -0.4 is 5.32 Å². The van der Waals surface area contributed by atoms with E-state index in [1.807, 2.05) is 0 Å². The highest BCUT2D eigenvalue weighted by atomic mass is 35.5. The lowest BCUT2D eigenvalue weighted by Crippen LogP contribution is -2.14. The molecule has 0 aliphatic carbocycles. The number of nitrogens with one attached hydrogen (secondary N) is 1. The number of amides is 1. The van der Waals surface area contributed by atoms with Gasteiger partial charge in [0.15, 0.2) is 0 Å². The molecule has 0 bridgehead atoms. The Morgan fingerprint density at radius 3 is 2.82 bits per heavy atom. The van der Waals surface area contributed by atoms with Crippen molar-refractivity contribution in [2.45, 2.75) is 6.42 Å². The molecule has 0 spiro atoms. The number of aromatic nitrogens is 1. The normalized spacial score (nSPS) is 10.2. The minimum atomic E-state index is -0.219. The summed E-state index contributed by atoms with van der Waals surface area (Å²) < 4.78 is 4.63. The maximum atomic E-state index is 11.6. The number of carbonyl (C=O) groups excluding carboxylic acids is 1. The van der Waals surface area contributed by atoms with Crippen LogP contribution in [0.1, 0.15) is 5.69 Å². The van der Waals surface area contributed by atoms with Crippen molar-refractivity contribution in [3.63, 3.8) is 0 Å². The van der Waals surface area contributed by atoms with E-state index in [-0.39, 0.29) is 12.3 Å². The first-order chi connectivity index (χ1) is 8.15. The molecule has 1 aromatic heterocycles. The van der Waals surface area contributed by atoms with Gasteiger partial charge in [0.1, 0.15) is 6.26 Å². The number of rotatable bonds is 3. The monoisotopic (exact) mass is 270 g/mol. The van der Waals surface area contributed by atoms with Crippen LogP contribution in [0.2, 0.25) is 10.0 Å². The fourth-order valence-corrected chi connectivity index (χ4v) is 1.73. The maximum Gasteiger partial charge on any atom is 0.230 e. The highest BCUT2D eigenvalue weighted by Crippen LogP contribution is 2.25. The standard InChI is InChI=1S/C11H8Cl2N2O2/c12-7-1-2-10(9(13)5-7)14-11(16)6-8-3-4-17-15-8/h1-5H,6H2,(H,14,16). The maximum absolute atomic E-state index is 11.6. The van der Waals surface area contributed by atoms with Crippen LogP contribution in [0, 0.1) is 0 Å². The fraction of sp³-hybridized carbons (Fsp3) is 0.0909. The molecule has 0 fully saturated rings. The fourth-order valence-electron chi connectivity index (χ4n) is 1.28. The van der Waals surface area contributed by atoms with E-state index in [4.69, 9.17) is 23.2 Å². The molecule has 1 N–H and O–H groups in total. The zero-order chi connectivity index (χ0) is 12.3. The average Bonchev–Trinajstić information content (AvgIpc) is 2.75. The number of nitrogens with zero attached hydrogens (tertiary/aromatic N) is 1. The molecule has 2 aromatic rings. The number of hydrogen-bond donors (Lipinski definition) is 1. The van der Waals surface area contributed by atoms with E-state index in [1.165, 1.54) is 6.26 Å². The van der Waals surface area contributed by atoms with E-state index in [0.29, 0.717) is 21.4 Å². The van der Waals surface area contributed by atoms with Crippen LogP contribution >= 0.6 is 23.2 Å².